The van der Waals surface area contributed by atoms with E-state index in [9.17, 15) is 9.59 Å². The van der Waals surface area contributed by atoms with E-state index < -0.39 is 5.54 Å². The lowest BCUT2D eigenvalue weighted by Crippen LogP contribution is -2.49. The predicted molar refractivity (Wildman–Crippen MR) is 173 cm³/mol. The molecule has 1 N–H and O–H groups in total. The molecule has 0 aliphatic heterocycles. The second-order valence-corrected chi connectivity index (χ2v) is 12.5. The van der Waals surface area contributed by atoms with Crippen LogP contribution in [0.25, 0.3) is 22.3 Å². The number of H-pyrrole nitrogens is 1. The lowest BCUT2D eigenvalue weighted by atomic mass is 9.78. The van der Waals surface area contributed by atoms with E-state index in [2.05, 4.69) is 49.7 Å². The summed E-state index contributed by atoms with van der Waals surface area (Å²) in [6.45, 7) is 2.42. The Kier molecular flexibility index (Phi) is 10.4. The van der Waals surface area contributed by atoms with Gasteiger partial charge < -0.3 is 4.74 Å². The molecule has 1 aromatic carbocycles. The van der Waals surface area contributed by atoms with Crippen molar-refractivity contribution in [3.63, 3.8) is 0 Å². The van der Waals surface area contributed by atoms with E-state index in [1.165, 1.54) is 44.9 Å². The van der Waals surface area contributed by atoms with E-state index in [0.29, 0.717) is 33.9 Å². The van der Waals surface area contributed by atoms with E-state index >= 15 is 0 Å². The summed E-state index contributed by atoms with van der Waals surface area (Å²) in [7, 11) is 0. The number of aromatic amines is 1. The molecule has 222 valence electrons. The lowest BCUT2D eigenvalue weighted by molar-refractivity contribution is -0.157. The van der Waals surface area contributed by atoms with Crippen LogP contribution in [0.4, 0.5) is 0 Å². The topological polar surface area (TPSA) is 103 Å². The summed E-state index contributed by atoms with van der Waals surface area (Å²) < 4.78 is 8.24. The SMILES string of the molecule is CCCCCCCC1CCCCC(C(=O)OCc2ccccc2)(n2cc(-c3nc(I)nc4[nH]ncc34)ccc2=O)CC1. The van der Waals surface area contributed by atoms with Gasteiger partial charge in [-0.25, -0.2) is 14.8 Å². The van der Waals surface area contributed by atoms with Crippen LogP contribution in [-0.4, -0.2) is 30.7 Å². The maximum Gasteiger partial charge on any atom is 0.332 e. The summed E-state index contributed by atoms with van der Waals surface area (Å²) in [5, 5.41) is 7.83. The van der Waals surface area contributed by atoms with Crippen LogP contribution >= 0.6 is 22.6 Å². The third-order valence-corrected chi connectivity index (χ3v) is 9.14. The Morgan fingerprint density at radius 3 is 2.71 bits per heavy atom. The maximum absolute atomic E-state index is 14.2. The predicted octanol–water partition coefficient (Wildman–Crippen LogP) is 7.56. The Bertz CT molecular complexity index is 1540. The van der Waals surface area contributed by atoms with E-state index in [0.717, 1.165) is 35.8 Å². The highest BCUT2D eigenvalue weighted by atomic mass is 127. The molecular formula is C33H40IN5O3. The Labute approximate surface area is 260 Å². The maximum atomic E-state index is 14.2. The van der Waals surface area contributed by atoms with Gasteiger partial charge in [-0.1, -0.05) is 95.0 Å². The molecule has 0 amide bonds. The average Bonchev–Trinajstić information content (AvgIpc) is 3.46. The zero-order valence-corrected chi connectivity index (χ0v) is 26.5. The van der Waals surface area contributed by atoms with Crippen molar-refractivity contribution in [1.29, 1.82) is 0 Å². The number of esters is 1. The first-order valence-electron chi connectivity index (χ1n) is 15.3. The van der Waals surface area contributed by atoms with Gasteiger partial charge in [-0.3, -0.25) is 14.5 Å². The fraction of sp³-hybridized carbons (Fsp3) is 0.485. The molecule has 3 heterocycles. The minimum atomic E-state index is -1.08. The molecule has 0 saturated heterocycles. The van der Waals surface area contributed by atoms with E-state index in [-0.39, 0.29) is 18.1 Å². The quantitative estimate of drug-likeness (QED) is 0.0759. The monoisotopic (exact) mass is 681 g/mol. The molecule has 3 aromatic heterocycles. The molecule has 42 heavy (non-hydrogen) atoms. The lowest BCUT2D eigenvalue weighted by Gasteiger charge is -2.37. The van der Waals surface area contributed by atoms with Crippen molar-refractivity contribution >= 4 is 39.6 Å². The molecule has 9 heteroatoms. The summed E-state index contributed by atoms with van der Waals surface area (Å²) in [5.41, 5.74) is 1.68. The molecule has 1 aliphatic rings. The molecular weight excluding hydrogens is 641 g/mol. The summed E-state index contributed by atoms with van der Waals surface area (Å²) in [4.78, 5) is 36.9. The molecule has 2 unspecified atom stereocenters. The number of halogens is 1. The zero-order valence-electron chi connectivity index (χ0n) is 24.4. The third-order valence-electron chi connectivity index (χ3n) is 8.66. The Balaban J connectivity index is 1.49. The number of rotatable bonds is 11. The highest BCUT2D eigenvalue weighted by Crippen LogP contribution is 2.38. The van der Waals surface area contributed by atoms with Crippen molar-refractivity contribution in [2.24, 2.45) is 5.92 Å². The van der Waals surface area contributed by atoms with E-state index in [4.69, 9.17) is 4.74 Å². The number of nitrogens with one attached hydrogen (secondary N) is 1. The van der Waals surface area contributed by atoms with Gasteiger partial charge in [0, 0.05) is 40.4 Å². The number of hydrogen-bond acceptors (Lipinski definition) is 6. The van der Waals surface area contributed by atoms with Crippen molar-refractivity contribution in [3.05, 3.63) is 74.6 Å². The number of benzene rings is 1. The van der Waals surface area contributed by atoms with Gasteiger partial charge in [-0.2, -0.15) is 5.10 Å². The minimum absolute atomic E-state index is 0.177. The van der Waals surface area contributed by atoms with Crippen LogP contribution in [0, 0.1) is 9.75 Å². The first-order valence-corrected chi connectivity index (χ1v) is 16.4. The van der Waals surface area contributed by atoms with Gasteiger partial charge in [0.05, 0.1) is 17.3 Å². The fourth-order valence-electron chi connectivity index (χ4n) is 6.28. The van der Waals surface area contributed by atoms with Gasteiger partial charge in [0.2, 0.25) is 0 Å². The van der Waals surface area contributed by atoms with Crippen molar-refractivity contribution < 1.29 is 9.53 Å². The number of carbonyl (C=O) groups is 1. The van der Waals surface area contributed by atoms with Crippen LogP contribution in [0.5, 0.6) is 0 Å². The number of fused-ring (bicyclic) bond motifs is 1. The number of carbonyl (C=O) groups excluding carboxylic acids is 1. The number of pyridine rings is 1. The normalized spacial score (nSPS) is 19.3. The Hall–Kier alpha value is -3.08. The molecule has 0 spiro atoms. The van der Waals surface area contributed by atoms with Crippen molar-refractivity contribution in [3.8, 4) is 11.3 Å². The van der Waals surface area contributed by atoms with Gasteiger partial charge in [0.15, 0.2) is 9.48 Å². The Morgan fingerprint density at radius 2 is 1.88 bits per heavy atom. The van der Waals surface area contributed by atoms with Gasteiger partial charge in [-0.05, 0) is 36.8 Å². The highest BCUT2D eigenvalue weighted by Gasteiger charge is 2.43. The molecule has 1 saturated carbocycles. The molecule has 1 fully saturated rings. The fourth-order valence-corrected chi connectivity index (χ4v) is 6.76. The van der Waals surface area contributed by atoms with Crippen molar-refractivity contribution in [2.45, 2.75) is 96.1 Å². The molecule has 5 rings (SSSR count). The summed E-state index contributed by atoms with van der Waals surface area (Å²) in [6.07, 6.45) is 16.1. The largest absolute Gasteiger partial charge is 0.459 e. The number of ether oxygens (including phenoxy) is 1. The van der Waals surface area contributed by atoms with Crippen LogP contribution < -0.4 is 5.56 Å². The third kappa shape index (κ3) is 7.10. The number of aromatic nitrogens is 5. The highest BCUT2D eigenvalue weighted by molar-refractivity contribution is 14.1. The first-order chi connectivity index (χ1) is 20.5. The number of unbranched alkanes of at least 4 members (excludes halogenated alkanes) is 4. The summed E-state index contributed by atoms with van der Waals surface area (Å²) in [6, 6.07) is 13.0. The summed E-state index contributed by atoms with van der Waals surface area (Å²) >= 11 is 2.08. The number of nitrogens with zero attached hydrogens (tertiary/aromatic N) is 4. The van der Waals surface area contributed by atoms with Crippen LogP contribution in [-0.2, 0) is 21.7 Å². The van der Waals surface area contributed by atoms with Crippen molar-refractivity contribution in [2.75, 3.05) is 0 Å². The van der Waals surface area contributed by atoms with E-state index in [1.807, 2.05) is 30.3 Å². The molecule has 1 aliphatic carbocycles. The van der Waals surface area contributed by atoms with Gasteiger partial charge in [0.25, 0.3) is 5.56 Å². The summed E-state index contributed by atoms with van der Waals surface area (Å²) in [5.74, 6) is 0.209. The second-order valence-electron chi connectivity index (χ2n) is 11.5. The van der Waals surface area contributed by atoms with Crippen LogP contribution in [0.2, 0.25) is 0 Å². The van der Waals surface area contributed by atoms with Crippen LogP contribution in [0.1, 0.15) is 89.5 Å². The average molecular weight is 682 g/mol. The molecule has 2 atom stereocenters. The molecule has 0 radical (unpaired) electrons. The standard InChI is InChI=1S/C33H40IN5O3/c1-2-3-4-5-7-12-24-13-10-11-19-33(20-18-24,31(41)42-23-25-14-8-6-9-15-25)39-22-26(16-17-28(39)40)29-27-21-35-38-30(27)37-32(34)36-29/h6,8-9,14-17,21-22,24H,2-5,7,10-13,18-20,23H2,1H3,(H,35,36,37,38). The molecule has 0 bridgehead atoms. The smallest absolute Gasteiger partial charge is 0.332 e. The Morgan fingerprint density at radius 1 is 1.05 bits per heavy atom. The first kappa shape index (κ1) is 30.4. The molecule has 4 aromatic rings. The van der Waals surface area contributed by atoms with Gasteiger partial charge in [0.1, 0.15) is 12.1 Å². The minimum Gasteiger partial charge on any atom is -0.459 e. The van der Waals surface area contributed by atoms with E-state index in [1.54, 1.807) is 29.1 Å². The number of hydrogen-bond donors (Lipinski definition) is 1. The van der Waals surface area contributed by atoms with Crippen LogP contribution in [0.3, 0.4) is 0 Å². The molecule has 8 nitrogen and oxygen atoms in total. The van der Waals surface area contributed by atoms with Gasteiger partial charge >= 0.3 is 5.97 Å². The zero-order chi connectivity index (χ0) is 29.4. The van der Waals surface area contributed by atoms with Gasteiger partial charge in [-0.15, -0.1) is 0 Å². The second kappa shape index (κ2) is 14.4. The van der Waals surface area contributed by atoms with Crippen LogP contribution in [0.15, 0.2) is 59.7 Å². The van der Waals surface area contributed by atoms with Crippen molar-refractivity contribution in [1.82, 2.24) is 24.7 Å².